The number of piperidine rings is 1. The molecule has 3 aliphatic heterocycles. The van der Waals surface area contributed by atoms with Crippen LogP contribution in [0.2, 0.25) is 0 Å². The minimum absolute atomic E-state index is 0.0269. The number of likely N-dealkylation sites (tertiary alicyclic amines) is 1. The zero-order chi connectivity index (χ0) is 29.2. The predicted octanol–water partition coefficient (Wildman–Crippen LogP) is 6.20. The summed E-state index contributed by atoms with van der Waals surface area (Å²) in [5, 5.41) is 9.40. The summed E-state index contributed by atoms with van der Waals surface area (Å²) in [6.07, 6.45) is 2.59. The Morgan fingerprint density at radius 3 is 2.64 bits per heavy atom. The van der Waals surface area contributed by atoms with Gasteiger partial charge < -0.3 is 23.9 Å². The van der Waals surface area contributed by atoms with E-state index in [-0.39, 0.29) is 28.2 Å². The number of imidazole rings is 1. The molecular formula is C31H31F2N3O5S. The molecule has 2 atom stereocenters. The summed E-state index contributed by atoms with van der Waals surface area (Å²) in [5.41, 5.74) is 2.50. The molecule has 0 saturated carbocycles. The number of aryl methyl sites for hydroxylation is 1. The van der Waals surface area contributed by atoms with E-state index in [0.717, 1.165) is 54.8 Å². The van der Waals surface area contributed by atoms with Gasteiger partial charge in [0.2, 0.25) is 0 Å². The Kier molecular flexibility index (Phi) is 6.71. The second-order valence-corrected chi connectivity index (χ2v) is 12.5. The number of halogens is 2. The molecule has 5 heterocycles. The number of benzene rings is 2. The standard InChI is InChI=1S/C31H31F2N3O5S/c1-17-6-7-21(22(32)14-17)31(2)40-23-5-3-4-20(27(23)41-31)18-8-11-35(12-9-18)16-24-34-29-26(25(33)28(42-29)30(37)38)36(24)15-19-10-13-39-19/h3-7,14,18-19H,8-13,15-16H2,1-2H3,(H,37,38)/t19-,31+/m0/s1. The summed E-state index contributed by atoms with van der Waals surface area (Å²) in [4.78, 5) is 18.6. The Labute approximate surface area is 245 Å². The molecule has 0 amide bonds. The number of hydrogen-bond acceptors (Lipinski definition) is 7. The van der Waals surface area contributed by atoms with E-state index in [2.05, 4.69) is 16.0 Å². The van der Waals surface area contributed by atoms with Gasteiger partial charge in [0.15, 0.2) is 22.2 Å². The maximum absolute atomic E-state index is 15.1. The van der Waals surface area contributed by atoms with Crippen LogP contribution in [0.1, 0.15) is 64.3 Å². The van der Waals surface area contributed by atoms with Gasteiger partial charge in [-0.15, -0.1) is 11.3 Å². The third-order valence-electron chi connectivity index (χ3n) is 8.61. The van der Waals surface area contributed by atoms with Gasteiger partial charge in [0.25, 0.3) is 5.79 Å². The summed E-state index contributed by atoms with van der Waals surface area (Å²) in [7, 11) is 0. The Bertz CT molecular complexity index is 1690. The van der Waals surface area contributed by atoms with Crippen molar-refractivity contribution in [2.24, 2.45) is 0 Å². The van der Waals surface area contributed by atoms with E-state index in [1.54, 1.807) is 13.0 Å². The molecule has 0 unspecified atom stereocenters. The molecule has 7 rings (SSSR count). The quantitative estimate of drug-likeness (QED) is 0.273. The lowest BCUT2D eigenvalue weighted by Gasteiger charge is -2.33. The molecule has 1 N–H and O–H groups in total. The van der Waals surface area contributed by atoms with Gasteiger partial charge in [-0.2, -0.15) is 0 Å². The van der Waals surface area contributed by atoms with Crippen molar-refractivity contribution in [3.05, 3.63) is 75.4 Å². The van der Waals surface area contributed by atoms with Crippen molar-refractivity contribution in [3.63, 3.8) is 0 Å². The minimum atomic E-state index is -1.28. The summed E-state index contributed by atoms with van der Waals surface area (Å²) >= 11 is 0.875. The Hall–Kier alpha value is -3.54. The van der Waals surface area contributed by atoms with Gasteiger partial charge in [0.05, 0.1) is 24.8 Å². The van der Waals surface area contributed by atoms with Crippen molar-refractivity contribution in [2.75, 3.05) is 19.7 Å². The molecule has 0 aliphatic carbocycles. The Morgan fingerprint density at radius 1 is 1.17 bits per heavy atom. The molecule has 0 radical (unpaired) electrons. The Balaban J connectivity index is 1.08. The number of aromatic carboxylic acids is 1. The molecule has 0 spiro atoms. The molecular weight excluding hydrogens is 564 g/mol. The number of carboxylic acids is 1. The van der Waals surface area contributed by atoms with Crippen LogP contribution in [0.15, 0.2) is 36.4 Å². The minimum Gasteiger partial charge on any atom is -0.477 e. The van der Waals surface area contributed by atoms with E-state index in [9.17, 15) is 14.3 Å². The van der Waals surface area contributed by atoms with Crippen molar-refractivity contribution < 1.29 is 32.9 Å². The molecule has 3 aliphatic rings. The molecule has 2 aromatic carbocycles. The maximum atomic E-state index is 15.1. The van der Waals surface area contributed by atoms with Crippen LogP contribution in [-0.2, 0) is 23.6 Å². The smallest absolute Gasteiger partial charge is 0.349 e. The lowest BCUT2D eigenvalue weighted by Crippen LogP contribution is -2.35. The fourth-order valence-corrected chi connectivity index (χ4v) is 7.18. The topological polar surface area (TPSA) is 86.1 Å². The first kappa shape index (κ1) is 27.3. The Morgan fingerprint density at radius 2 is 1.95 bits per heavy atom. The summed E-state index contributed by atoms with van der Waals surface area (Å²) < 4.78 is 50.0. The van der Waals surface area contributed by atoms with Crippen molar-refractivity contribution in [2.45, 2.75) is 64.0 Å². The van der Waals surface area contributed by atoms with E-state index in [1.165, 1.54) is 6.07 Å². The number of thiophene rings is 1. The van der Waals surface area contributed by atoms with E-state index in [0.29, 0.717) is 47.4 Å². The number of para-hydroxylation sites is 1. The van der Waals surface area contributed by atoms with Crippen molar-refractivity contribution >= 4 is 27.7 Å². The van der Waals surface area contributed by atoms with Crippen LogP contribution in [0.25, 0.3) is 10.3 Å². The highest BCUT2D eigenvalue weighted by Crippen LogP contribution is 2.49. The van der Waals surface area contributed by atoms with Crippen LogP contribution >= 0.6 is 11.3 Å². The fraction of sp³-hybridized carbons (Fsp3) is 0.419. The molecule has 0 bridgehead atoms. The molecule has 11 heteroatoms. The largest absolute Gasteiger partial charge is 0.477 e. The van der Waals surface area contributed by atoms with Gasteiger partial charge in [0, 0.05) is 19.1 Å². The average Bonchev–Trinajstić information content (AvgIpc) is 3.56. The van der Waals surface area contributed by atoms with Crippen molar-refractivity contribution in [3.8, 4) is 11.5 Å². The van der Waals surface area contributed by atoms with Gasteiger partial charge in [-0.3, -0.25) is 4.90 Å². The number of ether oxygens (including phenoxy) is 3. The molecule has 8 nitrogen and oxygen atoms in total. The fourth-order valence-electron chi connectivity index (χ4n) is 6.26. The van der Waals surface area contributed by atoms with Crippen LogP contribution in [0.5, 0.6) is 11.5 Å². The third-order valence-corrected chi connectivity index (χ3v) is 9.65. The summed E-state index contributed by atoms with van der Waals surface area (Å²) in [5.74, 6) is -1.39. The highest BCUT2D eigenvalue weighted by molar-refractivity contribution is 7.20. The number of carbonyl (C=O) groups is 1. The average molecular weight is 596 g/mol. The number of hydrogen-bond donors (Lipinski definition) is 1. The monoisotopic (exact) mass is 595 g/mol. The van der Waals surface area contributed by atoms with Crippen LogP contribution in [0.3, 0.4) is 0 Å². The normalized spacial score (nSPS) is 22.5. The van der Waals surface area contributed by atoms with Crippen LogP contribution in [0.4, 0.5) is 8.78 Å². The van der Waals surface area contributed by atoms with E-state index < -0.39 is 17.6 Å². The predicted molar refractivity (Wildman–Crippen MR) is 152 cm³/mol. The van der Waals surface area contributed by atoms with Gasteiger partial charge >= 0.3 is 5.97 Å². The first-order chi connectivity index (χ1) is 20.2. The van der Waals surface area contributed by atoms with Gasteiger partial charge in [0.1, 0.15) is 22.0 Å². The second kappa shape index (κ2) is 10.3. The maximum Gasteiger partial charge on any atom is 0.349 e. The molecule has 2 saturated heterocycles. The lowest BCUT2D eigenvalue weighted by atomic mass is 9.88. The van der Waals surface area contributed by atoms with Gasteiger partial charge in [-0.25, -0.2) is 18.6 Å². The number of aromatic nitrogens is 2. The highest BCUT2D eigenvalue weighted by Gasteiger charge is 2.43. The molecule has 2 aromatic heterocycles. The van der Waals surface area contributed by atoms with Crippen LogP contribution in [0, 0.1) is 18.6 Å². The summed E-state index contributed by atoms with van der Waals surface area (Å²) in [6.45, 7) is 6.83. The first-order valence-corrected chi connectivity index (χ1v) is 15.0. The molecule has 2 fully saturated rings. The van der Waals surface area contributed by atoms with Crippen molar-refractivity contribution in [1.82, 2.24) is 14.5 Å². The number of nitrogens with zero attached hydrogens (tertiary/aromatic N) is 3. The van der Waals surface area contributed by atoms with E-state index in [4.69, 9.17) is 14.2 Å². The van der Waals surface area contributed by atoms with Crippen molar-refractivity contribution in [1.29, 1.82) is 0 Å². The lowest BCUT2D eigenvalue weighted by molar-refractivity contribution is -0.0712. The number of carboxylic acid groups (broad SMARTS) is 1. The zero-order valence-corrected chi connectivity index (χ0v) is 24.2. The highest BCUT2D eigenvalue weighted by atomic mass is 32.1. The molecule has 4 aromatic rings. The zero-order valence-electron chi connectivity index (χ0n) is 23.4. The van der Waals surface area contributed by atoms with Crippen LogP contribution in [-0.4, -0.2) is 51.3 Å². The molecule has 42 heavy (non-hydrogen) atoms. The van der Waals surface area contributed by atoms with Gasteiger partial charge in [-0.05, 0) is 69.0 Å². The number of fused-ring (bicyclic) bond motifs is 2. The molecule has 220 valence electrons. The van der Waals surface area contributed by atoms with Gasteiger partial charge in [-0.1, -0.05) is 18.2 Å². The number of rotatable bonds is 7. The second-order valence-electron chi connectivity index (χ2n) is 11.5. The SMILES string of the molecule is Cc1ccc([C@]2(C)Oc3cccc(C4CCN(Cc5nc6sc(C(=O)O)c(F)c6n5C[C@@H]5CCO5)CC4)c3O2)c(F)c1. The third kappa shape index (κ3) is 4.63. The van der Waals surface area contributed by atoms with E-state index in [1.807, 2.05) is 29.7 Å². The van der Waals surface area contributed by atoms with Crippen LogP contribution < -0.4 is 9.47 Å². The summed E-state index contributed by atoms with van der Waals surface area (Å²) in [6, 6.07) is 10.9. The van der Waals surface area contributed by atoms with E-state index >= 15 is 4.39 Å². The first-order valence-electron chi connectivity index (χ1n) is 14.2.